The summed E-state index contributed by atoms with van der Waals surface area (Å²) in [6.07, 6.45) is 12.2. The highest BCUT2D eigenvalue weighted by atomic mass is 16.5. The zero-order valence-corrected chi connectivity index (χ0v) is 17.8. The number of primary amides is 1. The van der Waals surface area contributed by atoms with Crippen LogP contribution in [0.2, 0.25) is 0 Å². The maximum Gasteiger partial charge on any atom is 0.252 e. The summed E-state index contributed by atoms with van der Waals surface area (Å²) in [5.41, 5.74) is 6.63. The van der Waals surface area contributed by atoms with Crippen molar-refractivity contribution in [3.05, 3.63) is 36.4 Å². The van der Waals surface area contributed by atoms with Gasteiger partial charge in [0.2, 0.25) is 0 Å². The Kier molecular flexibility index (Phi) is 5.39. The van der Waals surface area contributed by atoms with E-state index in [1.54, 1.807) is 18.6 Å². The van der Waals surface area contributed by atoms with Crippen LogP contribution >= 0.6 is 0 Å². The summed E-state index contributed by atoms with van der Waals surface area (Å²) < 4.78 is 6.27. The monoisotopic (exact) mass is 433 g/mol. The highest BCUT2D eigenvalue weighted by Gasteiger charge is 2.56. The zero-order valence-electron chi connectivity index (χ0n) is 17.8. The summed E-state index contributed by atoms with van der Waals surface area (Å²) in [6.45, 7) is 0.508. The standard InChI is InChI=1S/C23H27N7O2/c24-2-1-5-32-23-9-14-6-15(10-23)21(16(7-14)11-23)29-18-8-19(28-12-17(18)22(25)31)30-20-13-26-3-4-27-20/h3-4,8,12-16,21H,1,5-7,9-11H2,(H2,25,31)(H2,27,28,29,30)/t14-,15+,16-,21-,23+. The minimum absolute atomic E-state index is 0.0883. The van der Waals surface area contributed by atoms with Crippen molar-refractivity contribution >= 4 is 23.2 Å². The van der Waals surface area contributed by atoms with Crippen molar-refractivity contribution in [2.45, 2.75) is 50.2 Å². The number of anilines is 3. The van der Waals surface area contributed by atoms with E-state index in [9.17, 15) is 4.79 Å². The number of carbonyl (C=O) groups excluding carboxylic acids is 1. The number of hydrogen-bond acceptors (Lipinski definition) is 8. The van der Waals surface area contributed by atoms with Gasteiger partial charge >= 0.3 is 0 Å². The molecule has 4 N–H and O–H groups in total. The molecule has 9 heteroatoms. The molecule has 5 atom stereocenters. The van der Waals surface area contributed by atoms with Gasteiger partial charge in [-0.2, -0.15) is 5.26 Å². The highest BCUT2D eigenvalue weighted by molar-refractivity contribution is 5.98. The summed E-state index contributed by atoms with van der Waals surface area (Å²) in [6, 6.07) is 4.25. The van der Waals surface area contributed by atoms with Crippen LogP contribution in [-0.2, 0) is 4.74 Å². The van der Waals surface area contributed by atoms with E-state index >= 15 is 0 Å². The van der Waals surface area contributed by atoms with E-state index in [1.165, 1.54) is 19.0 Å². The molecule has 2 aromatic heterocycles. The molecule has 9 nitrogen and oxygen atoms in total. The predicted octanol–water partition coefficient (Wildman–Crippen LogP) is 3.00. The van der Waals surface area contributed by atoms with Crippen LogP contribution in [0.15, 0.2) is 30.9 Å². The van der Waals surface area contributed by atoms with E-state index in [0.717, 1.165) is 19.3 Å². The van der Waals surface area contributed by atoms with Crippen molar-refractivity contribution in [2.75, 3.05) is 17.2 Å². The van der Waals surface area contributed by atoms with Gasteiger partial charge < -0.3 is 21.1 Å². The van der Waals surface area contributed by atoms with Crippen molar-refractivity contribution in [3.63, 3.8) is 0 Å². The van der Waals surface area contributed by atoms with Crippen molar-refractivity contribution < 1.29 is 9.53 Å². The van der Waals surface area contributed by atoms with Crippen molar-refractivity contribution in [1.29, 1.82) is 5.26 Å². The fourth-order valence-electron chi connectivity index (χ4n) is 6.19. The molecule has 0 radical (unpaired) electrons. The zero-order chi connectivity index (χ0) is 22.1. The number of hydrogen-bond donors (Lipinski definition) is 3. The number of ether oxygens (including phenoxy) is 1. The van der Waals surface area contributed by atoms with Crippen LogP contribution in [0.4, 0.5) is 17.3 Å². The number of carbonyl (C=O) groups is 1. The van der Waals surface area contributed by atoms with Crippen molar-refractivity contribution in [1.82, 2.24) is 15.0 Å². The number of nitrogens with one attached hydrogen (secondary N) is 2. The third-order valence-corrected chi connectivity index (χ3v) is 7.15. The Balaban J connectivity index is 1.36. The summed E-state index contributed by atoms with van der Waals surface area (Å²) >= 11 is 0. The van der Waals surface area contributed by atoms with Crippen LogP contribution in [0, 0.1) is 29.1 Å². The largest absolute Gasteiger partial charge is 0.381 e. The molecule has 32 heavy (non-hydrogen) atoms. The number of nitrogens with two attached hydrogens (primary N) is 1. The lowest BCUT2D eigenvalue weighted by Crippen LogP contribution is -2.60. The lowest BCUT2D eigenvalue weighted by Gasteiger charge is -2.59. The molecule has 0 unspecified atom stereocenters. The molecular weight excluding hydrogens is 406 g/mol. The van der Waals surface area contributed by atoms with Crippen LogP contribution in [0.1, 0.15) is 48.9 Å². The van der Waals surface area contributed by atoms with Gasteiger partial charge in [-0.3, -0.25) is 9.78 Å². The molecule has 2 heterocycles. The summed E-state index contributed by atoms with van der Waals surface area (Å²) in [7, 11) is 0. The Labute approximate surface area is 186 Å². The minimum Gasteiger partial charge on any atom is -0.381 e. The summed E-state index contributed by atoms with van der Waals surface area (Å²) in [4.78, 5) is 24.7. The SMILES string of the molecule is N#CCCO[C@]12C[C@H]3C[C@H](C1)[C@H](Nc1cc(Nc4cnccn4)ncc1C(N)=O)[C@@H](C3)C2. The van der Waals surface area contributed by atoms with Gasteiger partial charge in [0.15, 0.2) is 0 Å². The van der Waals surface area contributed by atoms with Gasteiger partial charge in [0.25, 0.3) is 5.91 Å². The molecule has 2 aromatic rings. The molecule has 166 valence electrons. The minimum atomic E-state index is -0.508. The predicted molar refractivity (Wildman–Crippen MR) is 118 cm³/mol. The smallest absolute Gasteiger partial charge is 0.252 e. The molecule has 4 aliphatic rings. The third kappa shape index (κ3) is 3.98. The van der Waals surface area contributed by atoms with Gasteiger partial charge in [-0.25, -0.2) is 9.97 Å². The molecule has 6 rings (SSSR count). The van der Waals surface area contributed by atoms with Crippen molar-refractivity contribution in [3.8, 4) is 6.07 Å². The van der Waals surface area contributed by atoms with Crippen LogP contribution in [-0.4, -0.2) is 39.1 Å². The van der Waals surface area contributed by atoms with E-state index < -0.39 is 5.91 Å². The lowest BCUT2D eigenvalue weighted by atomic mass is 9.52. The first-order valence-corrected chi connectivity index (χ1v) is 11.2. The topological polar surface area (TPSA) is 139 Å². The van der Waals surface area contributed by atoms with Gasteiger partial charge in [0, 0.05) is 30.7 Å². The van der Waals surface area contributed by atoms with Gasteiger partial charge in [0.05, 0.1) is 42.1 Å². The first-order valence-electron chi connectivity index (χ1n) is 11.2. The fourth-order valence-corrected chi connectivity index (χ4v) is 6.19. The molecule has 4 saturated carbocycles. The molecule has 0 spiro atoms. The summed E-state index contributed by atoms with van der Waals surface area (Å²) in [5, 5.41) is 15.7. The molecule has 4 fully saturated rings. The van der Waals surface area contributed by atoms with E-state index in [2.05, 4.69) is 31.7 Å². The normalized spacial score (nSPS) is 30.0. The number of pyridine rings is 1. The molecule has 0 aromatic carbocycles. The van der Waals surface area contributed by atoms with Crippen LogP contribution < -0.4 is 16.4 Å². The molecule has 4 bridgehead atoms. The van der Waals surface area contributed by atoms with E-state index in [0.29, 0.717) is 53.7 Å². The fraction of sp³-hybridized carbons (Fsp3) is 0.522. The van der Waals surface area contributed by atoms with E-state index in [4.69, 9.17) is 15.7 Å². The Morgan fingerprint density at radius 2 is 2.00 bits per heavy atom. The van der Waals surface area contributed by atoms with Crippen LogP contribution in [0.5, 0.6) is 0 Å². The Morgan fingerprint density at radius 3 is 2.69 bits per heavy atom. The van der Waals surface area contributed by atoms with E-state index in [-0.39, 0.29) is 11.6 Å². The highest BCUT2D eigenvalue weighted by Crippen LogP contribution is 2.57. The molecule has 4 aliphatic carbocycles. The Hall–Kier alpha value is -3.25. The number of nitrogens with zero attached hydrogens (tertiary/aromatic N) is 4. The van der Waals surface area contributed by atoms with Gasteiger partial charge in [-0.1, -0.05) is 0 Å². The molecule has 0 saturated heterocycles. The second-order valence-corrected chi connectivity index (χ2v) is 9.27. The first-order chi connectivity index (χ1) is 15.5. The lowest BCUT2D eigenvalue weighted by molar-refractivity contribution is -0.165. The first kappa shape index (κ1) is 20.6. The van der Waals surface area contributed by atoms with Crippen molar-refractivity contribution in [2.24, 2.45) is 23.5 Å². The third-order valence-electron chi connectivity index (χ3n) is 7.15. The number of rotatable bonds is 8. The average Bonchev–Trinajstić information content (AvgIpc) is 2.76. The van der Waals surface area contributed by atoms with Gasteiger partial charge in [0.1, 0.15) is 11.6 Å². The second kappa shape index (κ2) is 8.36. The maximum atomic E-state index is 12.1. The van der Waals surface area contributed by atoms with Crippen LogP contribution in [0.3, 0.4) is 0 Å². The van der Waals surface area contributed by atoms with E-state index in [1.807, 2.05) is 6.07 Å². The number of amides is 1. The Bertz CT molecular complexity index is 1020. The molecule has 1 amide bonds. The second-order valence-electron chi connectivity index (χ2n) is 9.27. The number of nitriles is 1. The number of aromatic nitrogens is 3. The molecule has 0 aliphatic heterocycles. The Morgan fingerprint density at radius 1 is 1.19 bits per heavy atom. The molecular formula is C23H27N7O2. The maximum absolute atomic E-state index is 12.1. The quantitative estimate of drug-likeness (QED) is 0.540. The van der Waals surface area contributed by atoms with Gasteiger partial charge in [-0.05, 0) is 49.9 Å². The summed E-state index contributed by atoms with van der Waals surface area (Å²) in [5.74, 6) is 2.24. The average molecular weight is 434 g/mol. The van der Waals surface area contributed by atoms with Gasteiger partial charge in [-0.15, -0.1) is 0 Å². The van der Waals surface area contributed by atoms with Crippen LogP contribution in [0.25, 0.3) is 0 Å².